The number of carbonyl (C=O) groups is 1. The normalized spacial score (nSPS) is 11.5. The van der Waals surface area contributed by atoms with Gasteiger partial charge in [0.15, 0.2) is 11.5 Å². The van der Waals surface area contributed by atoms with Crippen LogP contribution in [-0.2, 0) is 16.9 Å². The molecular weight excluding hydrogens is 548 g/mol. The van der Waals surface area contributed by atoms with Gasteiger partial charge in [0, 0.05) is 35.9 Å². The molecule has 0 saturated heterocycles. The predicted molar refractivity (Wildman–Crippen MR) is 145 cm³/mol. The van der Waals surface area contributed by atoms with Crippen molar-refractivity contribution in [3.8, 4) is 28.7 Å². The van der Waals surface area contributed by atoms with Crippen LogP contribution in [0.3, 0.4) is 0 Å². The first-order valence-corrected chi connectivity index (χ1v) is 12.7. The zero-order chi connectivity index (χ0) is 29.4. The lowest BCUT2D eigenvalue weighted by atomic mass is 10.1. The molecule has 40 heavy (non-hydrogen) atoms. The fourth-order valence-corrected chi connectivity index (χ4v) is 4.42. The molecule has 1 atom stereocenters. The molecule has 0 aliphatic heterocycles. The number of rotatable bonds is 12. The summed E-state index contributed by atoms with van der Waals surface area (Å²) in [7, 11) is 5.80. The quantitative estimate of drug-likeness (QED) is 0.0969. The van der Waals surface area contributed by atoms with Crippen molar-refractivity contribution < 1.29 is 42.9 Å². The number of benzene rings is 3. The minimum absolute atomic E-state index is 0.0219. The number of non-ortho nitro benzene ring substituents is 2. The van der Waals surface area contributed by atoms with Crippen molar-refractivity contribution in [2.24, 2.45) is 0 Å². The van der Waals surface area contributed by atoms with Crippen molar-refractivity contribution in [2.75, 3.05) is 28.4 Å². The van der Waals surface area contributed by atoms with E-state index in [0.717, 1.165) is 18.2 Å². The summed E-state index contributed by atoms with van der Waals surface area (Å²) >= 11 is -1.54. The molecule has 1 unspecified atom stereocenters. The van der Waals surface area contributed by atoms with E-state index in [9.17, 15) is 29.6 Å². The highest BCUT2D eigenvalue weighted by molar-refractivity contribution is 7.93. The maximum Gasteiger partial charge on any atom is 0.344 e. The van der Waals surface area contributed by atoms with Crippen molar-refractivity contribution in [1.82, 2.24) is 0 Å². The minimum Gasteiger partial charge on any atom is -0.612 e. The maximum atomic E-state index is 12.9. The molecule has 3 aromatic carbocycles. The van der Waals surface area contributed by atoms with Gasteiger partial charge in [-0.3, -0.25) is 20.2 Å². The van der Waals surface area contributed by atoms with Crippen LogP contribution in [0.5, 0.6) is 28.7 Å². The van der Waals surface area contributed by atoms with Gasteiger partial charge in [-0.15, -0.1) is 0 Å². The third-order valence-electron chi connectivity index (χ3n) is 5.44. The minimum atomic E-state index is -1.54. The molecule has 0 amide bonds. The van der Waals surface area contributed by atoms with Gasteiger partial charge in [-0.2, -0.15) is 0 Å². The number of hydrogen-bond donors (Lipinski definition) is 0. The van der Waals surface area contributed by atoms with Gasteiger partial charge in [0.05, 0.1) is 55.5 Å². The van der Waals surface area contributed by atoms with Crippen LogP contribution < -0.4 is 23.7 Å². The number of nitrogens with zero attached hydrogens (tertiary/aromatic N) is 2. The largest absolute Gasteiger partial charge is 0.612 e. The summed E-state index contributed by atoms with van der Waals surface area (Å²) in [6.07, 6.45) is 1.59. The Morgan fingerprint density at radius 2 is 1.38 bits per heavy atom. The maximum absolute atomic E-state index is 12.9. The second-order valence-corrected chi connectivity index (χ2v) is 9.22. The second-order valence-electron chi connectivity index (χ2n) is 7.90. The molecule has 210 valence electrons. The van der Waals surface area contributed by atoms with Gasteiger partial charge in [-0.1, -0.05) is 6.07 Å². The van der Waals surface area contributed by atoms with E-state index in [1.165, 1.54) is 46.0 Å². The summed E-state index contributed by atoms with van der Waals surface area (Å²) < 4.78 is 39.5. The molecule has 0 spiro atoms. The van der Waals surface area contributed by atoms with Gasteiger partial charge in [-0.25, -0.2) is 4.79 Å². The first-order chi connectivity index (χ1) is 19.1. The molecule has 0 N–H and O–H groups in total. The highest BCUT2D eigenvalue weighted by atomic mass is 32.2. The number of hydrogen-bond acceptors (Lipinski definition) is 11. The lowest BCUT2D eigenvalue weighted by molar-refractivity contribution is -0.394. The molecule has 3 aromatic rings. The number of nitro groups is 2. The smallest absolute Gasteiger partial charge is 0.344 e. The van der Waals surface area contributed by atoms with E-state index in [0.29, 0.717) is 28.4 Å². The molecule has 0 fully saturated rings. The Labute approximate surface area is 231 Å². The van der Waals surface area contributed by atoms with Crippen LogP contribution in [-0.4, -0.2) is 48.8 Å². The van der Waals surface area contributed by atoms with Crippen molar-refractivity contribution >= 4 is 34.6 Å². The number of carbonyl (C=O) groups excluding carboxylic acids is 1. The average Bonchev–Trinajstić information content (AvgIpc) is 2.95. The van der Waals surface area contributed by atoms with Crippen molar-refractivity contribution in [1.29, 1.82) is 0 Å². The second kappa shape index (κ2) is 13.3. The lowest BCUT2D eigenvalue weighted by Gasteiger charge is -2.13. The summed E-state index contributed by atoms with van der Waals surface area (Å²) in [5, 5.41) is 23.8. The molecule has 0 radical (unpaired) electrons. The van der Waals surface area contributed by atoms with E-state index in [2.05, 4.69) is 0 Å². The molecule has 0 saturated carbocycles. The van der Waals surface area contributed by atoms with Gasteiger partial charge in [-0.05, 0) is 23.3 Å². The molecule has 3 rings (SSSR count). The van der Waals surface area contributed by atoms with Crippen LogP contribution in [0.4, 0.5) is 11.4 Å². The molecule has 14 heteroatoms. The van der Waals surface area contributed by atoms with Crippen LogP contribution in [0.1, 0.15) is 21.5 Å². The monoisotopic (exact) mass is 572 g/mol. The topological polar surface area (TPSA) is 173 Å². The molecule has 0 bridgehead atoms. The van der Waals surface area contributed by atoms with E-state index >= 15 is 0 Å². The number of nitro benzene ring substituents is 2. The fraction of sp³-hybridized carbons (Fsp3) is 0.192. The summed E-state index contributed by atoms with van der Waals surface area (Å²) in [5.74, 6) is 0.432. The Kier molecular flexibility index (Phi) is 9.89. The number of methoxy groups -OCH3 is 4. The first kappa shape index (κ1) is 29.7. The Hall–Kier alpha value is -4.82. The number of esters is 1. The third-order valence-corrected chi connectivity index (χ3v) is 6.50. The van der Waals surface area contributed by atoms with Gasteiger partial charge in [0.2, 0.25) is 0 Å². The van der Waals surface area contributed by atoms with E-state index in [-0.39, 0.29) is 17.3 Å². The van der Waals surface area contributed by atoms with Gasteiger partial charge >= 0.3 is 5.97 Å². The molecule has 13 nitrogen and oxygen atoms in total. The Balaban J connectivity index is 1.84. The van der Waals surface area contributed by atoms with Crippen LogP contribution in [0, 0.1) is 20.2 Å². The Bertz CT molecular complexity index is 1400. The van der Waals surface area contributed by atoms with Crippen molar-refractivity contribution in [3.05, 3.63) is 90.9 Å². The van der Waals surface area contributed by atoms with Crippen LogP contribution in [0.25, 0.3) is 6.08 Å². The highest BCUT2D eigenvalue weighted by Gasteiger charge is 2.22. The summed E-state index contributed by atoms with van der Waals surface area (Å²) in [5.41, 5.74) is -0.634. The van der Waals surface area contributed by atoms with E-state index in [4.69, 9.17) is 23.7 Å². The third kappa shape index (κ3) is 7.18. The standard InChI is InChI=1S/C26H24N2O11S/c1-35-20-13-23(37-3)21(24(14-20)38-4)7-8-40(34)15-16-5-6-22(36-2)25(9-16)39-26(29)17-10-18(27(30)31)12-19(11-17)28(32)33/h5-14H,15H2,1-4H3/b8-7+. The fourth-order valence-electron chi connectivity index (χ4n) is 3.53. The molecular formula is C26H24N2O11S. The predicted octanol–water partition coefficient (Wildman–Crippen LogP) is 4.68. The molecule has 0 aromatic heterocycles. The van der Waals surface area contributed by atoms with E-state index < -0.39 is 43.9 Å². The van der Waals surface area contributed by atoms with Crippen LogP contribution in [0.2, 0.25) is 0 Å². The average molecular weight is 573 g/mol. The summed E-state index contributed by atoms with van der Waals surface area (Å²) in [4.78, 5) is 33.4. The van der Waals surface area contributed by atoms with Crippen molar-refractivity contribution in [2.45, 2.75) is 5.75 Å². The first-order valence-electron chi connectivity index (χ1n) is 11.3. The van der Waals surface area contributed by atoms with Gasteiger partial charge in [0.1, 0.15) is 28.4 Å². The van der Waals surface area contributed by atoms with Gasteiger partial charge < -0.3 is 28.2 Å². The summed E-state index contributed by atoms with van der Waals surface area (Å²) in [6.45, 7) is 0. The molecule has 0 aliphatic rings. The van der Waals surface area contributed by atoms with Crippen LogP contribution in [0.15, 0.2) is 53.9 Å². The lowest BCUT2D eigenvalue weighted by Crippen LogP contribution is -2.11. The summed E-state index contributed by atoms with van der Waals surface area (Å²) in [6, 6.07) is 10.3. The van der Waals surface area contributed by atoms with E-state index in [1.807, 2.05) is 0 Å². The molecule has 0 heterocycles. The SMILES string of the molecule is COc1cc(OC)c(/C=C/[S+]([O-])Cc2ccc(OC)c(OC(=O)c3cc([N+](=O)[O-])cc([N+](=O)[O-])c3)c2)c(OC)c1. The zero-order valence-electron chi connectivity index (χ0n) is 21.8. The Morgan fingerprint density at radius 3 is 1.88 bits per heavy atom. The number of ether oxygens (including phenoxy) is 5. The van der Waals surface area contributed by atoms with Crippen molar-refractivity contribution in [3.63, 3.8) is 0 Å². The highest BCUT2D eigenvalue weighted by Crippen LogP contribution is 2.36. The Morgan fingerprint density at radius 1 is 0.800 bits per heavy atom. The zero-order valence-corrected chi connectivity index (χ0v) is 22.6. The molecule has 0 aliphatic carbocycles. The van der Waals surface area contributed by atoms with Crippen LogP contribution >= 0.6 is 0 Å². The van der Waals surface area contributed by atoms with Gasteiger partial charge in [0.25, 0.3) is 11.4 Å². The van der Waals surface area contributed by atoms with E-state index in [1.54, 1.807) is 24.3 Å².